The second-order valence-electron chi connectivity index (χ2n) is 3.69. The van der Waals surface area contributed by atoms with Gasteiger partial charge in [0.1, 0.15) is 5.82 Å². The molecule has 2 rings (SSSR count). The van der Waals surface area contributed by atoms with E-state index in [2.05, 4.69) is 36.2 Å². The Balaban J connectivity index is 1.99. The zero-order valence-electron chi connectivity index (χ0n) is 9.18. The summed E-state index contributed by atoms with van der Waals surface area (Å²) in [6.07, 6.45) is 1.75. The van der Waals surface area contributed by atoms with Crippen molar-refractivity contribution in [3.63, 3.8) is 0 Å². The molecule has 82 valence electrons. The lowest BCUT2D eigenvalue weighted by Gasteiger charge is -2.03. The molecule has 2 aromatic rings. The molecule has 1 aromatic carbocycles. The van der Waals surface area contributed by atoms with Crippen LogP contribution in [0, 0.1) is 6.92 Å². The Morgan fingerprint density at radius 2 is 1.94 bits per heavy atom. The smallest absolute Gasteiger partial charge is 0.123 e. The van der Waals surface area contributed by atoms with Crippen molar-refractivity contribution in [3.05, 3.63) is 53.7 Å². The molecule has 2 nitrogen and oxygen atoms in total. The number of aromatic nitrogens is 1. The van der Waals surface area contributed by atoms with Gasteiger partial charge in [-0.15, -0.1) is 11.8 Å². The summed E-state index contributed by atoms with van der Waals surface area (Å²) in [4.78, 5) is 5.25. The minimum absolute atomic E-state index is 0.585. The van der Waals surface area contributed by atoms with Crippen molar-refractivity contribution in [2.75, 3.05) is 5.73 Å². The zero-order chi connectivity index (χ0) is 11.4. The molecule has 0 unspecified atom stereocenters. The number of aryl methyl sites for hydroxylation is 1. The Morgan fingerprint density at radius 1 is 1.19 bits per heavy atom. The van der Waals surface area contributed by atoms with Crippen molar-refractivity contribution in [2.24, 2.45) is 0 Å². The molecule has 0 aliphatic rings. The molecular formula is C13H14N2S. The van der Waals surface area contributed by atoms with Crippen LogP contribution in [0.5, 0.6) is 0 Å². The highest BCUT2D eigenvalue weighted by Crippen LogP contribution is 2.23. The number of benzene rings is 1. The molecule has 0 aliphatic heterocycles. The second-order valence-corrected chi connectivity index (χ2v) is 4.74. The Kier molecular flexibility index (Phi) is 3.47. The van der Waals surface area contributed by atoms with E-state index in [0.717, 1.165) is 5.75 Å². The number of nitrogen functional groups attached to an aromatic ring is 1. The number of rotatable bonds is 3. The molecule has 0 saturated carbocycles. The third-order valence-electron chi connectivity index (χ3n) is 2.27. The highest BCUT2D eigenvalue weighted by atomic mass is 32.2. The number of nitrogens with zero attached hydrogens (tertiary/aromatic N) is 1. The number of hydrogen-bond donors (Lipinski definition) is 1. The normalized spacial score (nSPS) is 10.3. The van der Waals surface area contributed by atoms with Crippen LogP contribution in [0.4, 0.5) is 5.82 Å². The van der Waals surface area contributed by atoms with Crippen LogP contribution in [0.1, 0.15) is 11.1 Å². The van der Waals surface area contributed by atoms with Gasteiger partial charge in [-0.1, -0.05) is 17.7 Å². The van der Waals surface area contributed by atoms with Gasteiger partial charge in [0.25, 0.3) is 0 Å². The third kappa shape index (κ3) is 3.00. The fourth-order valence-electron chi connectivity index (χ4n) is 1.39. The zero-order valence-corrected chi connectivity index (χ0v) is 10.00. The first-order valence-electron chi connectivity index (χ1n) is 5.14. The standard InChI is InChI=1S/C13H14N2S/c1-10-2-4-12(5-3-10)16-9-11-6-7-15-13(14)8-11/h2-8H,9H2,1H3,(H2,14,15). The fourth-order valence-corrected chi connectivity index (χ4v) is 2.23. The first kappa shape index (κ1) is 11.0. The summed E-state index contributed by atoms with van der Waals surface area (Å²) in [5.41, 5.74) is 8.12. The molecular weight excluding hydrogens is 216 g/mol. The summed E-state index contributed by atoms with van der Waals surface area (Å²) in [5.74, 6) is 1.51. The van der Waals surface area contributed by atoms with Crippen molar-refractivity contribution in [2.45, 2.75) is 17.6 Å². The molecule has 0 saturated heterocycles. The minimum atomic E-state index is 0.585. The van der Waals surface area contributed by atoms with E-state index in [4.69, 9.17) is 5.73 Å². The summed E-state index contributed by atoms with van der Waals surface area (Å²) in [7, 11) is 0. The lowest BCUT2D eigenvalue weighted by Crippen LogP contribution is -1.90. The largest absolute Gasteiger partial charge is 0.384 e. The van der Waals surface area contributed by atoms with E-state index in [1.165, 1.54) is 16.0 Å². The number of hydrogen-bond acceptors (Lipinski definition) is 3. The van der Waals surface area contributed by atoms with Crippen molar-refractivity contribution in [1.29, 1.82) is 0 Å². The highest BCUT2D eigenvalue weighted by molar-refractivity contribution is 7.98. The average Bonchev–Trinajstić information content (AvgIpc) is 2.28. The number of thioether (sulfide) groups is 1. The van der Waals surface area contributed by atoms with Crippen LogP contribution in [-0.4, -0.2) is 4.98 Å². The Bertz CT molecular complexity index is 466. The van der Waals surface area contributed by atoms with E-state index in [1.807, 2.05) is 23.9 Å². The van der Waals surface area contributed by atoms with Gasteiger partial charge in [-0.2, -0.15) is 0 Å². The molecule has 0 aliphatic carbocycles. The highest BCUT2D eigenvalue weighted by Gasteiger charge is 1.97. The second kappa shape index (κ2) is 5.03. The Hall–Kier alpha value is -1.48. The van der Waals surface area contributed by atoms with Crippen LogP contribution in [0.3, 0.4) is 0 Å². The maximum atomic E-state index is 5.63. The molecule has 0 amide bonds. The van der Waals surface area contributed by atoms with Crippen LogP contribution >= 0.6 is 11.8 Å². The van der Waals surface area contributed by atoms with E-state index in [-0.39, 0.29) is 0 Å². The molecule has 3 heteroatoms. The van der Waals surface area contributed by atoms with Gasteiger partial charge in [-0.3, -0.25) is 0 Å². The summed E-state index contributed by atoms with van der Waals surface area (Å²) >= 11 is 1.81. The summed E-state index contributed by atoms with van der Waals surface area (Å²) in [6, 6.07) is 12.5. The van der Waals surface area contributed by atoms with Gasteiger partial charge in [-0.25, -0.2) is 4.98 Å². The maximum absolute atomic E-state index is 5.63. The molecule has 1 aromatic heterocycles. The van der Waals surface area contributed by atoms with Gasteiger partial charge in [-0.05, 0) is 36.8 Å². The summed E-state index contributed by atoms with van der Waals surface area (Å²) in [6.45, 7) is 2.10. The van der Waals surface area contributed by atoms with Crippen molar-refractivity contribution in [3.8, 4) is 0 Å². The summed E-state index contributed by atoms with van der Waals surface area (Å²) < 4.78 is 0. The molecule has 0 atom stereocenters. The average molecular weight is 230 g/mol. The van der Waals surface area contributed by atoms with Gasteiger partial charge < -0.3 is 5.73 Å². The molecule has 0 spiro atoms. The van der Waals surface area contributed by atoms with Crippen molar-refractivity contribution >= 4 is 17.6 Å². The number of pyridine rings is 1. The van der Waals surface area contributed by atoms with Gasteiger partial charge in [0.2, 0.25) is 0 Å². The quantitative estimate of drug-likeness (QED) is 0.822. The SMILES string of the molecule is Cc1ccc(SCc2ccnc(N)c2)cc1. The molecule has 0 fully saturated rings. The summed E-state index contributed by atoms with van der Waals surface area (Å²) in [5, 5.41) is 0. The molecule has 0 bridgehead atoms. The van der Waals surface area contributed by atoms with Gasteiger partial charge in [0.15, 0.2) is 0 Å². The minimum Gasteiger partial charge on any atom is -0.384 e. The van der Waals surface area contributed by atoms with Crippen molar-refractivity contribution in [1.82, 2.24) is 4.98 Å². The Labute approximate surface area is 99.9 Å². The van der Waals surface area contributed by atoms with Crippen LogP contribution < -0.4 is 5.73 Å². The van der Waals surface area contributed by atoms with Crippen molar-refractivity contribution < 1.29 is 0 Å². The predicted molar refractivity (Wildman–Crippen MR) is 69.4 cm³/mol. The van der Waals surface area contributed by atoms with Crippen LogP contribution in [0.25, 0.3) is 0 Å². The fraction of sp³-hybridized carbons (Fsp3) is 0.154. The molecule has 2 N–H and O–H groups in total. The van der Waals surface area contributed by atoms with Crippen LogP contribution in [0.2, 0.25) is 0 Å². The monoisotopic (exact) mass is 230 g/mol. The lowest BCUT2D eigenvalue weighted by molar-refractivity contribution is 1.27. The van der Waals surface area contributed by atoms with Gasteiger partial charge in [0.05, 0.1) is 0 Å². The first-order chi connectivity index (χ1) is 7.74. The number of anilines is 1. The maximum Gasteiger partial charge on any atom is 0.123 e. The first-order valence-corrected chi connectivity index (χ1v) is 6.12. The van der Waals surface area contributed by atoms with Gasteiger partial charge in [0, 0.05) is 16.8 Å². The van der Waals surface area contributed by atoms with E-state index in [9.17, 15) is 0 Å². The molecule has 0 radical (unpaired) electrons. The topological polar surface area (TPSA) is 38.9 Å². The Morgan fingerprint density at radius 3 is 2.62 bits per heavy atom. The van der Waals surface area contributed by atoms with E-state index in [1.54, 1.807) is 6.20 Å². The molecule has 16 heavy (non-hydrogen) atoms. The van der Waals surface area contributed by atoms with Crippen LogP contribution in [-0.2, 0) is 5.75 Å². The predicted octanol–water partition coefficient (Wildman–Crippen LogP) is 3.26. The van der Waals surface area contributed by atoms with Gasteiger partial charge >= 0.3 is 0 Å². The third-order valence-corrected chi connectivity index (χ3v) is 3.36. The van der Waals surface area contributed by atoms with E-state index >= 15 is 0 Å². The van der Waals surface area contributed by atoms with E-state index in [0.29, 0.717) is 5.82 Å². The number of nitrogens with two attached hydrogens (primary N) is 1. The lowest BCUT2D eigenvalue weighted by atomic mass is 10.2. The van der Waals surface area contributed by atoms with E-state index < -0.39 is 0 Å². The molecule has 1 heterocycles. The van der Waals surface area contributed by atoms with Crippen LogP contribution in [0.15, 0.2) is 47.5 Å².